The molecule has 1 aliphatic rings. The van der Waals surface area contributed by atoms with E-state index in [1.807, 2.05) is 47.9 Å². The maximum Gasteiger partial charge on any atom is 0.255 e. The van der Waals surface area contributed by atoms with Gasteiger partial charge in [0.2, 0.25) is 5.88 Å². The van der Waals surface area contributed by atoms with Crippen LogP contribution in [0.1, 0.15) is 22.8 Å². The van der Waals surface area contributed by atoms with Gasteiger partial charge >= 0.3 is 0 Å². The van der Waals surface area contributed by atoms with Gasteiger partial charge in [-0.05, 0) is 47.1 Å². The van der Waals surface area contributed by atoms with Crippen LogP contribution in [0.4, 0.5) is 11.5 Å². The first-order chi connectivity index (χ1) is 19.6. The Morgan fingerprint density at radius 3 is 2.67 bits per heavy atom. The fraction of sp³-hybridized carbons (Fsp3) is 0.250. The van der Waals surface area contributed by atoms with E-state index in [-0.39, 0.29) is 11.7 Å². The minimum absolute atomic E-state index is 0.164. The molecule has 0 radical (unpaired) electrons. The highest BCUT2D eigenvalue weighted by Crippen LogP contribution is 2.30. The van der Waals surface area contributed by atoms with Gasteiger partial charge in [-0.2, -0.15) is 0 Å². The fourth-order valence-electron chi connectivity index (χ4n) is 4.66. The third-order valence-corrected chi connectivity index (χ3v) is 6.69. The Bertz CT molecular complexity index is 1640. The molecule has 1 aliphatic heterocycles. The Balaban J connectivity index is 1.14. The Morgan fingerprint density at radius 2 is 1.93 bits per heavy atom. The van der Waals surface area contributed by atoms with Crippen molar-refractivity contribution in [2.24, 2.45) is 0 Å². The smallest absolute Gasteiger partial charge is 0.255 e. The van der Waals surface area contributed by atoms with Crippen LogP contribution in [0.25, 0.3) is 22.6 Å². The number of aromatic nitrogens is 5. The van der Waals surface area contributed by atoms with Gasteiger partial charge in [0.15, 0.2) is 17.3 Å². The van der Waals surface area contributed by atoms with Crippen LogP contribution in [-0.4, -0.2) is 62.0 Å². The molecule has 0 unspecified atom stereocenters. The number of rotatable bonds is 8. The topological polar surface area (TPSA) is 146 Å². The number of fused-ring (bicyclic) bond motifs is 1. The lowest BCUT2D eigenvalue weighted by Crippen LogP contribution is -2.35. The summed E-state index contributed by atoms with van der Waals surface area (Å²) in [5.41, 5.74) is 10.1. The quantitative estimate of drug-likeness (QED) is 0.296. The highest BCUT2D eigenvalue weighted by Gasteiger charge is 2.19. The molecule has 40 heavy (non-hydrogen) atoms. The summed E-state index contributed by atoms with van der Waals surface area (Å²) in [4.78, 5) is 24.2. The molecule has 3 N–H and O–H groups in total. The number of hydrogen-bond acceptors (Lipinski definition) is 10. The second-order valence-electron chi connectivity index (χ2n) is 9.36. The van der Waals surface area contributed by atoms with Gasteiger partial charge in [-0.1, -0.05) is 18.2 Å². The summed E-state index contributed by atoms with van der Waals surface area (Å²) in [5.74, 6) is 1.40. The Kier molecular flexibility index (Phi) is 7.08. The number of carbonyl (C=O) groups is 1. The molecular weight excluding hydrogens is 512 g/mol. The molecule has 3 aromatic heterocycles. The van der Waals surface area contributed by atoms with Crippen LogP contribution in [0.3, 0.4) is 0 Å². The summed E-state index contributed by atoms with van der Waals surface area (Å²) in [6.07, 6.45) is 1.62. The number of hydrogen-bond donors (Lipinski definition) is 2. The summed E-state index contributed by atoms with van der Waals surface area (Å²) >= 11 is 0. The van der Waals surface area contributed by atoms with Crippen molar-refractivity contribution in [2.75, 3.05) is 37.4 Å². The van der Waals surface area contributed by atoms with Crippen LogP contribution in [0.15, 0.2) is 65.4 Å². The van der Waals surface area contributed by atoms with Crippen molar-refractivity contribution in [3.05, 3.63) is 71.9 Å². The van der Waals surface area contributed by atoms with Crippen LogP contribution in [-0.2, 0) is 17.8 Å². The van der Waals surface area contributed by atoms with Gasteiger partial charge in [0.1, 0.15) is 11.3 Å². The number of aryl methyl sites for hydroxylation is 1. The zero-order valence-electron chi connectivity index (χ0n) is 21.9. The molecule has 2 aromatic carbocycles. The van der Waals surface area contributed by atoms with Crippen molar-refractivity contribution in [2.45, 2.75) is 20.0 Å². The second kappa shape index (κ2) is 11.1. The number of carbonyl (C=O) groups excluding carboxylic acids is 1. The van der Waals surface area contributed by atoms with Crippen molar-refractivity contribution < 1.29 is 18.9 Å². The van der Waals surface area contributed by atoms with Crippen LogP contribution in [0.5, 0.6) is 11.6 Å². The average Bonchev–Trinajstić information content (AvgIpc) is 3.56. The summed E-state index contributed by atoms with van der Waals surface area (Å²) in [6.45, 7) is 6.80. The molecular formula is C28H28N8O4. The zero-order chi connectivity index (χ0) is 27.5. The van der Waals surface area contributed by atoms with E-state index in [1.54, 1.807) is 24.4 Å². The summed E-state index contributed by atoms with van der Waals surface area (Å²) in [5, 5.41) is 10.5. The number of nitrogens with two attached hydrogens (primary N) is 1. The van der Waals surface area contributed by atoms with E-state index in [0.29, 0.717) is 46.5 Å². The van der Waals surface area contributed by atoms with Gasteiger partial charge in [0, 0.05) is 49.6 Å². The van der Waals surface area contributed by atoms with Gasteiger partial charge in [-0.3, -0.25) is 9.69 Å². The number of morpholine rings is 1. The van der Waals surface area contributed by atoms with Crippen LogP contribution in [0, 0.1) is 0 Å². The third kappa shape index (κ3) is 5.35. The third-order valence-electron chi connectivity index (χ3n) is 6.69. The first-order valence-electron chi connectivity index (χ1n) is 13.0. The number of anilines is 2. The van der Waals surface area contributed by atoms with Crippen LogP contribution >= 0.6 is 0 Å². The lowest BCUT2D eigenvalue weighted by molar-refractivity contribution is 0.0342. The van der Waals surface area contributed by atoms with Crippen molar-refractivity contribution in [1.29, 1.82) is 0 Å². The van der Waals surface area contributed by atoms with Gasteiger partial charge < -0.3 is 25.1 Å². The summed E-state index contributed by atoms with van der Waals surface area (Å²) in [7, 11) is 0. The molecule has 0 atom stereocenters. The zero-order valence-corrected chi connectivity index (χ0v) is 21.9. The first kappa shape index (κ1) is 25.5. The van der Waals surface area contributed by atoms with E-state index in [4.69, 9.17) is 19.8 Å². The van der Waals surface area contributed by atoms with E-state index in [1.165, 1.54) is 0 Å². The number of nitrogen functional groups attached to an aromatic ring is 1. The van der Waals surface area contributed by atoms with Crippen LogP contribution in [0.2, 0.25) is 0 Å². The predicted octanol–water partition coefficient (Wildman–Crippen LogP) is 3.96. The summed E-state index contributed by atoms with van der Waals surface area (Å²) < 4.78 is 18.1. The number of benzene rings is 2. The number of pyridine rings is 1. The highest BCUT2D eigenvalue weighted by molar-refractivity contribution is 6.04. The van der Waals surface area contributed by atoms with Crippen LogP contribution < -0.4 is 15.8 Å². The minimum atomic E-state index is -0.199. The van der Waals surface area contributed by atoms with Crippen molar-refractivity contribution in [3.63, 3.8) is 0 Å². The Hall–Kier alpha value is -4.81. The number of nitrogens with zero attached hydrogens (tertiary/aromatic N) is 6. The lowest BCUT2D eigenvalue weighted by atomic mass is 10.1. The standard InChI is InChI=1S/C28H28N8O4/c1-2-36-23-15-24(30-16-22(23)32-27(36)25-26(29)34-40-33-25)39-21-5-3-4-20(14-21)31-28(37)19-8-6-18(7-9-19)17-35-10-12-38-13-11-35/h3-9,14-16H,2,10-13,17H2,1H3,(H2,29,34)(H,31,37). The number of amides is 1. The average molecular weight is 541 g/mol. The molecule has 6 rings (SSSR count). The van der Waals surface area contributed by atoms with Gasteiger partial charge in [0.05, 0.1) is 24.9 Å². The van der Waals surface area contributed by atoms with Gasteiger partial charge in [0.25, 0.3) is 5.91 Å². The lowest BCUT2D eigenvalue weighted by Gasteiger charge is -2.26. The van der Waals surface area contributed by atoms with E-state index in [0.717, 1.165) is 43.9 Å². The molecule has 0 bridgehead atoms. The largest absolute Gasteiger partial charge is 0.439 e. The molecule has 4 heterocycles. The SMILES string of the molecule is CCn1c(-c2nonc2N)nc2cnc(Oc3cccc(NC(=O)c4ccc(CN5CCOCC5)cc4)c3)cc21. The Morgan fingerprint density at radius 1 is 1.10 bits per heavy atom. The van der Waals surface area contributed by atoms with E-state index in [2.05, 4.69) is 30.5 Å². The summed E-state index contributed by atoms with van der Waals surface area (Å²) in [6, 6.07) is 16.6. The van der Waals surface area contributed by atoms with Crippen molar-refractivity contribution in [1.82, 2.24) is 29.7 Å². The number of nitrogens with one attached hydrogen (secondary N) is 1. The maximum atomic E-state index is 12.9. The molecule has 12 nitrogen and oxygen atoms in total. The first-order valence-corrected chi connectivity index (χ1v) is 13.0. The van der Waals surface area contributed by atoms with Crippen molar-refractivity contribution in [3.8, 4) is 23.1 Å². The molecule has 0 saturated carbocycles. The number of imidazole rings is 1. The Labute approximate surface area is 229 Å². The minimum Gasteiger partial charge on any atom is -0.439 e. The van der Waals surface area contributed by atoms with E-state index < -0.39 is 0 Å². The highest BCUT2D eigenvalue weighted by atomic mass is 16.6. The number of ether oxygens (including phenoxy) is 2. The molecule has 12 heteroatoms. The van der Waals surface area contributed by atoms with E-state index >= 15 is 0 Å². The molecule has 204 valence electrons. The maximum absolute atomic E-state index is 12.9. The molecule has 1 saturated heterocycles. The molecule has 0 aliphatic carbocycles. The van der Waals surface area contributed by atoms with E-state index in [9.17, 15) is 4.79 Å². The van der Waals surface area contributed by atoms with Gasteiger partial charge in [-0.15, -0.1) is 0 Å². The van der Waals surface area contributed by atoms with Crippen molar-refractivity contribution >= 4 is 28.4 Å². The second-order valence-corrected chi connectivity index (χ2v) is 9.36. The molecule has 1 amide bonds. The monoisotopic (exact) mass is 540 g/mol. The molecule has 0 spiro atoms. The molecule has 5 aromatic rings. The van der Waals surface area contributed by atoms with Gasteiger partial charge in [-0.25, -0.2) is 14.6 Å². The normalized spacial score (nSPS) is 13.9. The molecule has 1 fully saturated rings. The predicted molar refractivity (Wildman–Crippen MR) is 148 cm³/mol. The fourth-order valence-corrected chi connectivity index (χ4v) is 4.66.